The van der Waals surface area contributed by atoms with Gasteiger partial charge in [0.2, 0.25) is 11.8 Å². The van der Waals surface area contributed by atoms with E-state index in [2.05, 4.69) is 10.4 Å². The average molecular weight is 269 g/mol. The number of hydrogen-bond acceptors (Lipinski definition) is 5. The van der Waals surface area contributed by atoms with Gasteiger partial charge in [-0.2, -0.15) is 5.10 Å². The number of methoxy groups -OCH3 is 1. The second-order valence-electron chi connectivity index (χ2n) is 4.03. The van der Waals surface area contributed by atoms with Gasteiger partial charge in [-0.25, -0.2) is 0 Å². The topological polar surface area (TPSA) is 102 Å². The van der Waals surface area contributed by atoms with Crippen molar-refractivity contribution in [3.05, 3.63) is 12.3 Å². The monoisotopic (exact) mass is 269 g/mol. The van der Waals surface area contributed by atoms with Crippen LogP contribution in [-0.4, -0.2) is 60.3 Å². The first-order chi connectivity index (χ1) is 9.02. The molecule has 3 N–H and O–H groups in total. The maximum atomic E-state index is 11.8. The van der Waals surface area contributed by atoms with Gasteiger partial charge in [-0.3, -0.25) is 14.3 Å². The van der Waals surface area contributed by atoms with Crippen molar-refractivity contribution in [1.82, 2.24) is 20.0 Å². The maximum Gasteiger partial charge on any atom is 0.244 e. The van der Waals surface area contributed by atoms with Crippen molar-refractivity contribution in [3.8, 4) is 0 Å². The fraction of sp³-hybridized carbons (Fsp3) is 0.545. The van der Waals surface area contributed by atoms with Gasteiger partial charge in [0.05, 0.1) is 13.2 Å². The number of nitrogens with zero attached hydrogens (tertiary/aromatic N) is 3. The summed E-state index contributed by atoms with van der Waals surface area (Å²) in [6, 6.07) is 1.60. The highest BCUT2D eigenvalue weighted by Gasteiger charge is 2.13. The van der Waals surface area contributed by atoms with Crippen LogP contribution in [0.3, 0.4) is 0 Å². The van der Waals surface area contributed by atoms with Gasteiger partial charge in [0.1, 0.15) is 12.4 Å². The molecule has 1 rings (SSSR count). The van der Waals surface area contributed by atoms with E-state index < -0.39 is 0 Å². The van der Waals surface area contributed by atoms with Crippen LogP contribution < -0.4 is 11.1 Å². The Kier molecular flexibility index (Phi) is 5.80. The number of nitrogen functional groups attached to an aromatic ring is 1. The number of likely N-dealkylation sites (N-methyl/N-ethyl adjacent to an activating group) is 1. The Hall–Kier alpha value is -2.09. The molecule has 0 spiro atoms. The number of aromatic nitrogens is 2. The van der Waals surface area contributed by atoms with E-state index in [1.54, 1.807) is 26.4 Å². The fourth-order valence-electron chi connectivity index (χ4n) is 1.38. The van der Waals surface area contributed by atoms with E-state index in [9.17, 15) is 9.59 Å². The summed E-state index contributed by atoms with van der Waals surface area (Å²) in [6.07, 6.45) is 1.61. The summed E-state index contributed by atoms with van der Waals surface area (Å²) in [4.78, 5) is 24.6. The summed E-state index contributed by atoms with van der Waals surface area (Å²) >= 11 is 0. The van der Waals surface area contributed by atoms with Crippen LogP contribution in [-0.2, 0) is 20.9 Å². The number of ether oxygens (including phenoxy) is 1. The van der Waals surface area contributed by atoms with E-state index >= 15 is 0 Å². The molecule has 0 aliphatic heterocycles. The highest BCUT2D eigenvalue weighted by Crippen LogP contribution is 1.97. The molecule has 1 heterocycles. The molecule has 19 heavy (non-hydrogen) atoms. The second kappa shape index (κ2) is 7.37. The van der Waals surface area contributed by atoms with Crippen LogP contribution in [0.25, 0.3) is 0 Å². The van der Waals surface area contributed by atoms with E-state index in [-0.39, 0.29) is 24.9 Å². The molecule has 8 nitrogen and oxygen atoms in total. The Morgan fingerprint density at radius 3 is 2.89 bits per heavy atom. The number of nitrogens with two attached hydrogens (primary N) is 1. The molecule has 1 aromatic rings. The first-order valence-corrected chi connectivity index (χ1v) is 5.81. The molecule has 0 unspecified atom stereocenters. The third-order valence-electron chi connectivity index (χ3n) is 2.39. The zero-order valence-corrected chi connectivity index (χ0v) is 11.1. The molecule has 0 saturated heterocycles. The zero-order valence-electron chi connectivity index (χ0n) is 11.1. The van der Waals surface area contributed by atoms with Gasteiger partial charge in [0.25, 0.3) is 0 Å². The average Bonchev–Trinajstić information content (AvgIpc) is 2.75. The van der Waals surface area contributed by atoms with E-state index in [1.165, 1.54) is 9.58 Å². The normalized spacial score (nSPS) is 10.2. The Bertz CT molecular complexity index is 432. The molecule has 0 bridgehead atoms. The summed E-state index contributed by atoms with van der Waals surface area (Å²) in [5, 5.41) is 6.54. The minimum atomic E-state index is -0.229. The third-order valence-corrected chi connectivity index (χ3v) is 2.39. The van der Waals surface area contributed by atoms with Crippen LogP contribution in [0.4, 0.5) is 5.82 Å². The largest absolute Gasteiger partial charge is 0.383 e. The Morgan fingerprint density at radius 1 is 1.58 bits per heavy atom. The smallest absolute Gasteiger partial charge is 0.244 e. The number of carbonyl (C=O) groups is 2. The van der Waals surface area contributed by atoms with Crippen LogP contribution in [0.2, 0.25) is 0 Å². The number of amides is 2. The first-order valence-electron chi connectivity index (χ1n) is 5.81. The molecule has 1 aromatic heterocycles. The van der Waals surface area contributed by atoms with Crippen molar-refractivity contribution >= 4 is 17.6 Å². The van der Waals surface area contributed by atoms with Crippen LogP contribution in [0.5, 0.6) is 0 Å². The number of hydrogen-bond donors (Lipinski definition) is 2. The van der Waals surface area contributed by atoms with Crippen molar-refractivity contribution in [1.29, 1.82) is 0 Å². The lowest BCUT2D eigenvalue weighted by molar-refractivity contribution is -0.135. The molecule has 0 radical (unpaired) electrons. The highest BCUT2D eigenvalue weighted by molar-refractivity contribution is 5.84. The van der Waals surface area contributed by atoms with Crippen molar-refractivity contribution < 1.29 is 14.3 Å². The van der Waals surface area contributed by atoms with Crippen LogP contribution in [0.15, 0.2) is 12.3 Å². The highest BCUT2D eigenvalue weighted by atomic mass is 16.5. The molecule has 106 valence electrons. The molecular weight excluding hydrogens is 250 g/mol. The van der Waals surface area contributed by atoms with Crippen LogP contribution >= 0.6 is 0 Å². The summed E-state index contributed by atoms with van der Waals surface area (Å²) in [6.45, 7) is 0.918. The summed E-state index contributed by atoms with van der Waals surface area (Å²) in [5.41, 5.74) is 5.45. The summed E-state index contributed by atoms with van der Waals surface area (Å²) in [7, 11) is 3.11. The number of carbonyl (C=O) groups excluding carboxylic acids is 2. The van der Waals surface area contributed by atoms with Crippen LogP contribution in [0, 0.1) is 0 Å². The van der Waals surface area contributed by atoms with Crippen molar-refractivity contribution in [2.24, 2.45) is 0 Å². The Morgan fingerprint density at radius 2 is 2.32 bits per heavy atom. The number of anilines is 1. The van der Waals surface area contributed by atoms with Gasteiger partial charge in [-0.15, -0.1) is 0 Å². The van der Waals surface area contributed by atoms with Gasteiger partial charge < -0.3 is 20.7 Å². The molecule has 0 aromatic carbocycles. The first kappa shape index (κ1) is 15.0. The van der Waals surface area contributed by atoms with Gasteiger partial charge in [0, 0.05) is 26.9 Å². The molecule has 0 atom stereocenters. The van der Waals surface area contributed by atoms with Crippen LogP contribution in [0.1, 0.15) is 0 Å². The van der Waals surface area contributed by atoms with Gasteiger partial charge in [0.15, 0.2) is 0 Å². The van der Waals surface area contributed by atoms with Crippen molar-refractivity contribution in [2.45, 2.75) is 6.54 Å². The third kappa shape index (κ3) is 5.38. The molecule has 0 aliphatic rings. The maximum absolute atomic E-state index is 11.8. The summed E-state index contributed by atoms with van der Waals surface area (Å²) < 4.78 is 6.23. The quantitative estimate of drug-likeness (QED) is 0.598. The second-order valence-corrected chi connectivity index (χ2v) is 4.03. The molecule has 8 heteroatoms. The van der Waals surface area contributed by atoms with Gasteiger partial charge in [-0.05, 0) is 6.07 Å². The Labute approximate surface area is 111 Å². The van der Waals surface area contributed by atoms with E-state index in [0.717, 1.165) is 0 Å². The molecule has 0 saturated carbocycles. The molecule has 0 aliphatic carbocycles. The Balaban J connectivity index is 2.34. The lowest BCUT2D eigenvalue weighted by Crippen LogP contribution is -2.40. The number of nitrogens with one attached hydrogen (secondary N) is 1. The van der Waals surface area contributed by atoms with E-state index in [4.69, 9.17) is 10.5 Å². The lowest BCUT2D eigenvalue weighted by atomic mass is 10.4. The number of rotatable bonds is 7. The standard InChI is InChI=1S/C11H19N5O3/c1-15(7-10(17)13-4-6-19-2)11(18)8-16-5-3-9(12)14-16/h3,5H,4,6-8H2,1-2H3,(H2,12,14)(H,13,17). The predicted octanol–water partition coefficient (Wildman–Crippen LogP) is -1.31. The lowest BCUT2D eigenvalue weighted by Gasteiger charge is -2.16. The zero-order chi connectivity index (χ0) is 14.3. The van der Waals surface area contributed by atoms with Crippen molar-refractivity contribution in [2.75, 3.05) is 39.6 Å². The SMILES string of the molecule is COCCNC(=O)CN(C)C(=O)Cn1ccc(N)n1. The predicted molar refractivity (Wildman–Crippen MR) is 69.2 cm³/mol. The molecule has 2 amide bonds. The van der Waals surface area contributed by atoms with Gasteiger partial charge >= 0.3 is 0 Å². The van der Waals surface area contributed by atoms with Gasteiger partial charge in [-0.1, -0.05) is 0 Å². The molecular formula is C11H19N5O3. The van der Waals surface area contributed by atoms with Crippen molar-refractivity contribution in [3.63, 3.8) is 0 Å². The fourth-order valence-corrected chi connectivity index (χ4v) is 1.38. The minimum Gasteiger partial charge on any atom is -0.383 e. The van der Waals surface area contributed by atoms with E-state index in [1.807, 2.05) is 0 Å². The summed E-state index contributed by atoms with van der Waals surface area (Å²) in [5.74, 6) is -0.0920. The molecule has 0 fully saturated rings. The van der Waals surface area contributed by atoms with E-state index in [0.29, 0.717) is 19.0 Å². The minimum absolute atomic E-state index is 0.000696.